The smallest absolute Gasteiger partial charge is 0.411 e. The van der Waals surface area contributed by atoms with Crippen molar-refractivity contribution in [1.29, 1.82) is 0 Å². The molecule has 3 N–H and O–H groups in total. The van der Waals surface area contributed by atoms with Gasteiger partial charge in [-0.1, -0.05) is 0 Å². The molecule has 0 radical (unpaired) electrons. The van der Waals surface area contributed by atoms with Crippen LogP contribution in [0.2, 0.25) is 0 Å². The predicted octanol–water partition coefficient (Wildman–Crippen LogP) is 1.68. The first-order valence-electron chi connectivity index (χ1n) is 8.74. The van der Waals surface area contributed by atoms with Gasteiger partial charge in [0.05, 0.1) is 6.61 Å². The molecule has 1 fully saturated rings. The number of amides is 1. The number of aliphatic hydroxyl groups is 1. The lowest BCUT2D eigenvalue weighted by Crippen LogP contribution is -2.52. The van der Waals surface area contributed by atoms with Gasteiger partial charge in [0.25, 0.3) is 0 Å². The van der Waals surface area contributed by atoms with Crippen molar-refractivity contribution in [3.8, 4) is 5.75 Å². The number of hydrogen-bond donors (Lipinski definition) is 3. The molecule has 1 aliphatic rings. The van der Waals surface area contributed by atoms with Crippen LogP contribution in [-0.2, 0) is 4.74 Å². The maximum Gasteiger partial charge on any atom is 0.411 e. The molecule has 1 aromatic carbocycles. The second kappa shape index (κ2) is 9.03. The first kappa shape index (κ1) is 19.5. The quantitative estimate of drug-likeness (QED) is 0.693. The van der Waals surface area contributed by atoms with E-state index >= 15 is 0 Å². The van der Waals surface area contributed by atoms with Gasteiger partial charge in [-0.2, -0.15) is 0 Å². The molecule has 0 aromatic heterocycles. The molecule has 1 atom stereocenters. The van der Waals surface area contributed by atoms with Crippen LogP contribution in [0.15, 0.2) is 24.3 Å². The van der Waals surface area contributed by atoms with Crippen LogP contribution in [0.4, 0.5) is 10.5 Å². The van der Waals surface area contributed by atoms with E-state index in [-0.39, 0.29) is 0 Å². The van der Waals surface area contributed by atoms with Gasteiger partial charge < -0.3 is 19.9 Å². The third-order valence-corrected chi connectivity index (χ3v) is 4.20. The molecular formula is C18H29N3O4. The molecule has 0 aliphatic carbocycles. The van der Waals surface area contributed by atoms with Crippen molar-refractivity contribution >= 4 is 11.8 Å². The maximum absolute atomic E-state index is 11.4. The minimum Gasteiger partial charge on any atom is -0.485 e. The van der Waals surface area contributed by atoms with Gasteiger partial charge in [0, 0.05) is 38.4 Å². The van der Waals surface area contributed by atoms with Crippen molar-refractivity contribution in [3.05, 3.63) is 24.3 Å². The fourth-order valence-corrected chi connectivity index (χ4v) is 2.62. The minimum absolute atomic E-state index is 0.326. The number of rotatable bonds is 7. The Labute approximate surface area is 149 Å². The monoisotopic (exact) mass is 351 g/mol. The Bertz CT molecular complexity index is 542. The number of anilines is 1. The summed E-state index contributed by atoms with van der Waals surface area (Å²) in [4.78, 5) is 13.6. The van der Waals surface area contributed by atoms with E-state index in [1.54, 1.807) is 31.2 Å². The number of carbonyl (C=O) groups is 1. The summed E-state index contributed by atoms with van der Waals surface area (Å²) in [5, 5.41) is 16.5. The van der Waals surface area contributed by atoms with Crippen molar-refractivity contribution in [1.82, 2.24) is 10.2 Å². The number of β-amino-alcohol motifs (C(OH)–C–C–N with tert-alkyl or cyclic N) is 1. The molecule has 7 heteroatoms. The zero-order valence-corrected chi connectivity index (χ0v) is 15.2. The lowest BCUT2D eigenvalue weighted by atomic mass is 10.0. The topological polar surface area (TPSA) is 83.1 Å². The molecule has 25 heavy (non-hydrogen) atoms. The highest BCUT2D eigenvalue weighted by Crippen LogP contribution is 2.23. The predicted molar refractivity (Wildman–Crippen MR) is 97.1 cm³/mol. The first-order valence-corrected chi connectivity index (χ1v) is 8.74. The number of nitrogens with zero attached hydrogens (tertiary/aromatic N) is 1. The number of ether oxygens (including phenoxy) is 2. The highest BCUT2D eigenvalue weighted by molar-refractivity contribution is 5.84. The maximum atomic E-state index is 11.4. The van der Waals surface area contributed by atoms with Crippen molar-refractivity contribution in [2.24, 2.45) is 0 Å². The van der Waals surface area contributed by atoms with Gasteiger partial charge in [0.1, 0.15) is 17.5 Å². The third-order valence-electron chi connectivity index (χ3n) is 4.20. The summed E-state index contributed by atoms with van der Waals surface area (Å²) in [5.74, 6) is 0.638. The Balaban J connectivity index is 1.89. The van der Waals surface area contributed by atoms with Gasteiger partial charge in [-0.05, 0) is 45.0 Å². The van der Waals surface area contributed by atoms with Gasteiger partial charge in [-0.15, -0.1) is 0 Å². The normalized spacial score (nSPS) is 17.0. The molecule has 1 aliphatic heterocycles. The zero-order valence-electron chi connectivity index (χ0n) is 15.2. The number of piperazine rings is 1. The van der Waals surface area contributed by atoms with Gasteiger partial charge >= 0.3 is 6.09 Å². The van der Waals surface area contributed by atoms with Crippen LogP contribution in [0.25, 0.3) is 0 Å². The zero-order chi connectivity index (χ0) is 18.3. The second-order valence-corrected chi connectivity index (χ2v) is 6.64. The Hall–Kier alpha value is -1.83. The van der Waals surface area contributed by atoms with Crippen molar-refractivity contribution in [2.45, 2.75) is 32.5 Å². The number of nitrogens with one attached hydrogen (secondary N) is 2. The van der Waals surface area contributed by atoms with E-state index in [2.05, 4.69) is 15.5 Å². The molecule has 7 nitrogen and oxygen atoms in total. The second-order valence-electron chi connectivity index (χ2n) is 6.64. The Morgan fingerprint density at radius 3 is 2.56 bits per heavy atom. The van der Waals surface area contributed by atoms with E-state index in [9.17, 15) is 9.90 Å². The molecule has 2 rings (SSSR count). The lowest BCUT2D eigenvalue weighted by Gasteiger charge is -2.36. The Kier molecular flexibility index (Phi) is 7.04. The fraction of sp³-hybridized carbons (Fsp3) is 0.611. The summed E-state index contributed by atoms with van der Waals surface area (Å²) in [6.45, 7) is 10.2. The van der Waals surface area contributed by atoms with E-state index in [1.807, 2.05) is 13.8 Å². The molecular weight excluding hydrogens is 322 g/mol. The molecule has 1 saturated heterocycles. The summed E-state index contributed by atoms with van der Waals surface area (Å²) >= 11 is 0. The van der Waals surface area contributed by atoms with Crippen LogP contribution in [0.1, 0.15) is 20.8 Å². The van der Waals surface area contributed by atoms with Crippen LogP contribution >= 0.6 is 0 Å². The molecule has 0 saturated carbocycles. The summed E-state index contributed by atoms with van der Waals surface area (Å²) in [6, 6.07) is 7.01. The standard InChI is InChI=1S/C18H29N3O4/c1-4-24-17(23)20-14-5-7-15(8-6-14)25-18(2,3)16(22)13-21-11-9-19-10-12-21/h5-8,16,19,22H,4,9-13H2,1-3H3,(H,20,23). The van der Waals surface area contributed by atoms with Crippen LogP contribution in [0.3, 0.4) is 0 Å². The number of aliphatic hydroxyl groups excluding tert-OH is 1. The summed E-state index contributed by atoms with van der Waals surface area (Å²) in [6.07, 6.45) is -1.09. The third kappa shape index (κ3) is 6.19. The molecule has 0 bridgehead atoms. The van der Waals surface area contributed by atoms with Gasteiger partial charge in [0.15, 0.2) is 0 Å². The van der Waals surface area contributed by atoms with Crippen LogP contribution < -0.4 is 15.4 Å². The first-order chi connectivity index (χ1) is 11.9. The molecule has 0 spiro atoms. The summed E-state index contributed by atoms with van der Waals surface area (Å²) in [5.41, 5.74) is -0.0917. The molecule has 1 aromatic rings. The van der Waals surface area contributed by atoms with Crippen molar-refractivity contribution < 1.29 is 19.4 Å². The van der Waals surface area contributed by atoms with E-state index in [0.717, 1.165) is 26.2 Å². The van der Waals surface area contributed by atoms with Crippen LogP contribution in [0, 0.1) is 0 Å². The SMILES string of the molecule is CCOC(=O)Nc1ccc(OC(C)(C)C(O)CN2CCNCC2)cc1. The van der Waals surface area contributed by atoms with Crippen LogP contribution in [-0.4, -0.2) is 67.1 Å². The van der Waals surface area contributed by atoms with Crippen LogP contribution in [0.5, 0.6) is 5.75 Å². The molecule has 1 unspecified atom stereocenters. The number of carbonyl (C=O) groups excluding carboxylic acids is 1. The highest BCUT2D eigenvalue weighted by Gasteiger charge is 2.31. The summed E-state index contributed by atoms with van der Waals surface area (Å²) < 4.78 is 10.8. The van der Waals surface area contributed by atoms with Gasteiger partial charge in [0.2, 0.25) is 0 Å². The lowest BCUT2D eigenvalue weighted by molar-refractivity contribution is -0.0455. The van der Waals surface area contributed by atoms with E-state index in [0.29, 0.717) is 24.6 Å². The Morgan fingerprint density at radius 2 is 1.96 bits per heavy atom. The highest BCUT2D eigenvalue weighted by atomic mass is 16.5. The van der Waals surface area contributed by atoms with E-state index in [1.165, 1.54) is 0 Å². The fourth-order valence-electron chi connectivity index (χ4n) is 2.62. The van der Waals surface area contributed by atoms with Crippen molar-refractivity contribution in [3.63, 3.8) is 0 Å². The average molecular weight is 351 g/mol. The molecule has 1 heterocycles. The van der Waals surface area contributed by atoms with Gasteiger partial charge in [-0.3, -0.25) is 10.2 Å². The molecule has 140 valence electrons. The minimum atomic E-state index is -0.721. The number of hydrogen-bond acceptors (Lipinski definition) is 6. The van der Waals surface area contributed by atoms with Gasteiger partial charge in [-0.25, -0.2) is 4.79 Å². The molecule has 1 amide bonds. The Morgan fingerprint density at radius 1 is 1.32 bits per heavy atom. The average Bonchev–Trinajstić information content (AvgIpc) is 2.57. The van der Waals surface area contributed by atoms with E-state index < -0.39 is 17.8 Å². The summed E-state index contributed by atoms with van der Waals surface area (Å²) in [7, 11) is 0. The van der Waals surface area contributed by atoms with E-state index in [4.69, 9.17) is 9.47 Å². The van der Waals surface area contributed by atoms with Crippen molar-refractivity contribution in [2.75, 3.05) is 44.6 Å². The largest absolute Gasteiger partial charge is 0.485 e. The number of benzene rings is 1.